The molecule has 5 atom stereocenters. The van der Waals surface area contributed by atoms with Crippen molar-refractivity contribution in [2.45, 2.75) is 25.1 Å². The minimum absolute atomic E-state index is 0.0212. The maximum atomic E-state index is 13.3. The largest absolute Gasteiger partial charge is 0.462 e. The Hall–Kier alpha value is -3.36. The van der Waals surface area contributed by atoms with Crippen LogP contribution in [-0.2, 0) is 20.5 Å². The lowest BCUT2D eigenvalue weighted by atomic mass is 9.79. The summed E-state index contributed by atoms with van der Waals surface area (Å²) in [5.41, 5.74) is -1.15. The number of ether oxygens (including phenoxy) is 1. The van der Waals surface area contributed by atoms with Crippen molar-refractivity contribution in [3.63, 3.8) is 0 Å². The minimum Gasteiger partial charge on any atom is -0.462 e. The standard InChI is InChI=1S/C23H19F3N2O4/c24-23(25,26)14-6-2-4-8-16(14)28-20(29)12-5-1-3-7-15(12)27-21(30)18-11-9-13-17(10-11)32-22(31)19(13)18/h1-8,11,13,17-19H,9-10H2,(H,27,30)(H,28,29)/t11-,13+,17-,18-,19+/m1/s1. The molecule has 0 aromatic heterocycles. The van der Waals surface area contributed by atoms with Crippen molar-refractivity contribution in [1.29, 1.82) is 0 Å². The number of amides is 2. The van der Waals surface area contributed by atoms with E-state index in [0.717, 1.165) is 12.5 Å². The van der Waals surface area contributed by atoms with Crippen LogP contribution >= 0.6 is 0 Å². The van der Waals surface area contributed by atoms with E-state index in [1.807, 2.05) is 0 Å². The molecule has 6 nitrogen and oxygen atoms in total. The number of benzene rings is 2. The van der Waals surface area contributed by atoms with Crippen LogP contribution in [0, 0.1) is 23.7 Å². The Bertz CT molecular complexity index is 1110. The molecule has 0 unspecified atom stereocenters. The van der Waals surface area contributed by atoms with Gasteiger partial charge in [0.15, 0.2) is 0 Å². The summed E-state index contributed by atoms with van der Waals surface area (Å²) in [6.07, 6.45) is -3.32. The lowest BCUT2D eigenvalue weighted by Crippen LogP contribution is -2.36. The van der Waals surface area contributed by atoms with Crippen molar-refractivity contribution in [3.05, 3.63) is 59.7 Å². The minimum atomic E-state index is -4.63. The fourth-order valence-electron chi connectivity index (χ4n) is 5.40. The van der Waals surface area contributed by atoms with Gasteiger partial charge in [-0.15, -0.1) is 0 Å². The summed E-state index contributed by atoms with van der Waals surface area (Å²) in [7, 11) is 0. The molecule has 166 valence electrons. The zero-order valence-electron chi connectivity index (χ0n) is 16.7. The Kier molecular flexibility index (Phi) is 4.72. The van der Waals surface area contributed by atoms with Gasteiger partial charge in [0.1, 0.15) is 6.10 Å². The molecule has 2 amide bonds. The van der Waals surface area contributed by atoms with Gasteiger partial charge in [0.2, 0.25) is 5.91 Å². The van der Waals surface area contributed by atoms with Crippen LogP contribution in [0.3, 0.4) is 0 Å². The molecule has 2 aliphatic carbocycles. The summed E-state index contributed by atoms with van der Waals surface area (Å²) in [5.74, 6) is -2.43. The second kappa shape index (κ2) is 7.36. The topological polar surface area (TPSA) is 84.5 Å². The lowest BCUT2D eigenvalue weighted by Gasteiger charge is -2.24. The van der Waals surface area contributed by atoms with Gasteiger partial charge in [0.25, 0.3) is 5.91 Å². The fraction of sp³-hybridized carbons (Fsp3) is 0.348. The first kappa shape index (κ1) is 20.5. The predicted octanol–water partition coefficient (Wildman–Crippen LogP) is 4.09. The smallest absolute Gasteiger partial charge is 0.418 e. The van der Waals surface area contributed by atoms with E-state index in [2.05, 4.69) is 10.6 Å². The summed E-state index contributed by atoms with van der Waals surface area (Å²) in [5, 5.41) is 5.02. The maximum Gasteiger partial charge on any atom is 0.418 e. The highest BCUT2D eigenvalue weighted by molar-refractivity contribution is 6.10. The zero-order chi connectivity index (χ0) is 22.6. The number of rotatable bonds is 4. The summed E-state index contributed by atoms with van der Waals surface area (Å²) in [4.78, 5) is 38.1. The van der Waals surface area contributed by atoms with Gasteiger partial charge in [0, 0.05) is 5.92 Å². The highest BCUT2D eigenvalue weighted by Gasteiger charge is 2.63. The first-order chi connectivity index (χ1) is 15.2. The lowest BCUT2D eigenvalue weighted by molar-refractivity contribution is -0.145. The quantitative estimate of drug-likeness (QED) is 0.696. The number of halogens is 3. The summed E-state index contributed by atoms with van der Waals surface area (Å²) >= 11 is 0. The monoisotopic (exact) mass is 444 g/mol. The van der Waals surface area contributed by atoms with E-state index in [4.69, 9.17) is 4.74 Å². The molecule has 1 heterocycles. The Balaban J connectivity index is 1.37. The average Bonchev–Trinajstić information content (AvgIpc) is 3.36. The molecule has 32 heavy (non-hydrogen) atoms. The number of para-hydroxylation sites is 2. The van der Waals surface area contributed by atoms with Crippen molar-refractivity contribution < 1.29 is 32.3 Å². The Morgan fingerprint density at radius 3 is 2.38 bits per heavy atom. The van der Waals surface area contributed by atoms with E-state index < -0.39 is 29.5 Å². The Labute approximate surface area is 181 Å². The molecule has 2 aromatic rings. The predicted molar refractivity (Wildman–Crippen MR) is 108 cm³/mol. The van der Waals surface area contributed by atoms with Crippen LogP contribution in [0.15, 0.2) is 48.5 Å². The van der Waals surface area contributed by atoms with Gasteiger partial charge in [-0.3, -0.25) is 14.4 Å². The SMILES string of the molecule is O=C(Nc1ccccc1C(F)(F)F)c1ccccc1NC(=O)[C@@H]1[C@@H]2C[C@@H]3[C@@H]1C(=O)O[C@@H]3C2. The average molecular weight is 444 g/mol. The van der Waals surface area contributed by atoms with E-state index in [1.165, 1.54) is 30.3 Å². The van der Waals surface area contributed by atoms with Gasteiger partial charge < -0.3 is 15.4 Å². The zero-order valence-corrected chi connectivity index (χ0v) is 16.7. The van der Waals surface area contributed by atoms with Crippen molar-refractivity contribution in [3.8, 4) is 0 Å². The third-order valence-electron chi connectivity index (χ3n) is 6.70. The highest BCUT2D eigenvalue weighted by Crippen LogP contribution is 2.57. The van der Waals surface area contributed by atoms with Gasteiger partial charge in [-0.25, -0.2) is 0 Å². The maximum absolute atomic E-state index is 13.3. The summed E-state index contributed by atoms with van der Waals surface area (Å²) in [6, 6.07) is 10.8. The Morgan fingerprint density at radius 2 is 1.62 bits per heavy atom. The van der Waals surface area contributed by atoms with Crippen LogP contribution in [0.5, 0.6) is 0 Å². The van der Waals surface area contributed by atoms with Crippen molar-refractivity contribution in [2.24, 2.45) is 23.7 Å². The fourth-order valence-corrected chi connectivity index (χ4v) is 5.40. The normalized spacial score (nSPS) is 27.8. The molecular formula is C23H19F3N2O4. The van der Waals surface area contributed by atoms with Crippen molar-refractivity contribution >= 4 is 29.2 Å². The molecule has 5 rings (SSSR count). The van der Waals surface area contributed by atoms with Crippen LogP contribution in [0.2, 0.25) is 0 Å². The van der Waals surface area contributed by atoms with Crippen LogP contribution in [0.25, 0.3) is 0 Å². The molecule has 2 aromatic carbocycles. The Morgan fingerprint density at radius 1 is 0.938 bits per heavy atom. The molecule has 9 heteroatoms. The molecule has 0 spiro atoms. The molecule has 1 aliphatic heterocycles. The van der Waals surface area contributed by atoms with Gasteiger partial charge in [-0.1, -0.05) is 24.3 Å². The van der Waals surface area contributed by atoms with Crippen LogP contribution < -0.4 is 10.6 Å². The van der Waals surface area contributed by atoms with Crippen LogP contribution in [-0.4, -0.2) is 23.9 Å². The number of anilines is 2. The number of fused-ring (bicyclic) bond motifs is 1. The van der Waals surface area contributed by atoms with Crippen LogP contribution in [0.1, 0.15) is 28.8 Å². The van der Waals surface area contributed by atoms with E-state index in [1.54, 1.807) is 12.1 Å². The number of hydrogen-bond donors (Lipinski definition) is 2. The first-order valence-corrected chi connectivity index (χ1v) is 10.3. The van der Waals surface area contributed by atoms with E-state index in [0.29, 0.717) is 6.42 Å². The van der Waals surface area contributed by atoms with Crippen molar-refractivity contribution in [2.75, 3.05) is 10.6 Å². The van der Waals surface area contributed by atoms with E-state index in [9.17, 15) is 27.6 Å². The molecular weight excluding hydrogens is 425 g/mol. The molecule has 2 bridgehead atoms. The van der Waals surface area contributed by atoms with E-state index in [-0.39, 0.29) is 46.8 Å². The molecule has 2 N–H and O–H groups in total. The summed E-state index contributed by atoms with van der Waals surface area (Å²) < 4.78 is 45.1. The number of hydrogen-bond acceptors (Lipinski definition) is 4. The van der Waals surface area contributed by atoms with Crippen molar-refractivity contribution in [1.82, 2.24) is 0 Å². The third-order valence-corrected chi connectivity index (χ3v) is 6.70. The van der Waals surface area contributed by atoms with Crippen LogP contribution in [0.4, 0.5) is 24.5 Å². The van der Waals surface area contributed by atoms with E-state index >= 15 is 0 Å². The molecule has 0 radical (unpaired) electrons. The highest BCUT2D eigenvalue weighted by atomic mass is 19.4. The number of nitrogens with one attached hydrogen (secondary N) is 2. The first-order valence-electron chi connectivity index (χ1n) is 10.3. The summed E-state index contributed by atoms with van der Waals surface area (Å²) in [6.45, 7) is 0. The number of carbonyl (C=O) groups excluding carboxylic acids is 3. The van der Waals surface area contributed by atoms with Gasteiger partial charge in [-0.05, 0) is 43.0 Å². The number of esters is 1. The molecule has 3 aliphatic rings. The molecule has 2 saturated carbocycles. The van der Waals surface area contributed by atoms with Gasteiger partial charge >= 0.3 is 12.1 Å². The number of alkyl halides is 3. The van der Waals surface area contributed by atoms with Gasteiger partial charge in [-0.2, -0.15) is 13.2 Å². The second-order valence-electron chi connectivity index (χ2n) is 8.45. The molecule has 3 fully saturated rings. The molecule has 1 saturated heterocycles. The third kappa shape index (κ3) is 3.32. The van der Waals surface area contributed by atoms with Gasteiger partial charge in [0.05, 0.1) is 34.3 Å². The number of carbonyl (C=O) groups is 3. The second-order valence-corrected chi connectivity index (χ2v) is 8.45.